The van der Waals surface area contributed by atoms with Gasteiger partial charge in [0.25, 0.3) is 0 Å². The minimum atomic E-state index is 0.677. The van der Waals surface area contributed by atoms with Crippen molar-refractivity contribution in [2.75, 3.05) is 18.1 Å². The first-order chi connectivity index (χ1) is 7.81. The highest BCUT2D eigenvalue weighted by Gasteiger charge is 2.04. The van der Waals surface area contributed by atoms with Gasteiger partial charge in [-0.1, -0.05) is 6.92 Å². The molecule has 0 radical (unpaired) electrons. The van der Waals surface area contributed by atoms with Crippen LogP contribution in [0, 0.1) is 0 Å². The molecule has 1 unspecified atom stereocenters. The van der Waals surface area contributed by atoms with Crippen molar-refractivity contribution in [2.24, 2.45) is 0 Å². The van der Waals surface area contributed by atoms with Gasteiger partial charge >= 0.3 is 0 Å². The lowest BCUT2D eigenvalue weighted by atomic mass is 10.3. The molecule has 0 aliphatic heterocycles. The van der Waals surface area contributed by atoms with E-state index in [9.17, 15) is 0 Å². The summed E-state index contributed by atoms with van der Waals surface area (Å²) >= 11 is 1.89. The van der Waals surface area contributed by atoms with Crippen LogP contribution < -0.4 is 5.32 Å². The molecule has 0 bridgehead atoms. The fraction of sp³-hybridized carbons (Fsp3) is 0.417. The van der Waals surface area contributed by atoms with Crippen molar-refractivity contribution in [1.29, 1.82) is 0 Å². The average molecular weight is 236 g/mol. The Morgan fingerprint density at radius 1 is 1.50 bits per heavy atom. The Labute approximate surface area is 99.6 Å². The van der Waals surface area contributed by atoms with E-state index in [1.165, 1.54) is 0 Å². The van der Waals surface area contributed by atoms with E-state index in [0.29, 0.717) is 5.25 Å². The number of thioether (sulfide) groups is 1. The van der Waals surface area contributed by atoms with E-state index in [2.05, 4.69) is 23.5 Å². The summed E-state index contributed by atoms with van der Waals surface area (Å²) in [6.45, 7) is 3.18. The lowest BCUT2D eigenvalue weighted by molar-refractivity contribution is 0.615. The van der Waals surface area contributed by atoms with Crippen molar-refractivity contribution < 1.29 is 4.42 Å². The molecule has 2 aromatic rings. The molecule has 0 fully saturated rings. The van der Waals surface area contributed by atoms with Crippen LogP contribution in [0.25, 0.3) is 11.0 Å². The van der Waals surface area contributed by atoms with Crippen molar-refractivity contribution in [3.05, 3.63) is 24.6 Å². The smallest absolute Gasteiger partial charge is 0.139 e. The van der Waals surface area contributed by atoms with Crippen LogP contribution in [0.5, 0.6) is 0 Å². The first-order valence-electron chi connectivity index (χ1n) is 5.40. The van der Waals surface area contributed by atoms with Crippen LogP contribution in [0.4, 0.5) is 5.82 Å². The van der Waals surface area contributed by atoms with E-state index in [-0.39, 0.29) is 0 Å². The van der Waals surface area contributed by atoms with E-state index in [0.717, 1.165) is 29.8 Å². The summed E-state index contributed by atoms with van der Waals surface area (Å²) in [6.07, 6.45) is 6.74. The molecule has 86 valence electrons. The van der Waals surface area contributed by atoms with Gasteiger partial charge in [0.05, 0.1) is 11.6 Å². The maximum atomic E-state index is 5.32. The molecule has 4 heteroatoms. The number of nitrogens with zero attached hydrogens (tertiary/aromatic N) is 1. The SMILES string of the molecule is CSC(C)CCNc1nccc2occc12. The van der Waals surface area contributed by atoms with E-state index in [4.69, 9.17) is 4.42 Å². The van der Waals surface area contributed by atoms with Crippen LogP contribution in [0.2, 0.25) is 0 Å². The van der Waals surface area contributed by atoms with Crippen LogP contribution >= 0.6 is 11.8 Å². The molecule has 2 rings (SSSR count). The first kappa shape index (κ1) is 11.3. The number of aromatic nitrogens is 1. The first-order valence-corrected chi connectivity index (χ1v) is 6.69. The van der Waals surface area contributed by atoms with Gasteiger partial charge in [-0.3, -0.25) is 0 Å². The third-order valence-electron chi connectivity index (χ3n) is 2.63. The summed E-state index contributed by atoms with van der Waals surface area (Å²) in [5.41, 5.74) is 0.885. The quantitative estimate of drug-likeness (QED) is 0.863. The van der Waals surface area contributed by atoms with E-state index in [1.54, 1.807) is 12.5 Å². The molecule has 0 spiro atoms. The third-order valence-corrected chi connectivity index (χ3v) is 3.67. The van der Waals surface area contributed by atoms with Gasteiger partial charge in [-0.2, -0.15) is 11.8 Å². The number of nitrogens with one attached hydrogen (secondary N) is 1. The van der Waals surface area contributed by atoms with Crippen molar-refractivity contribution in [3.63, 3.8) is 0 Å². The molecule has 1 N–H and O–H groups in total. The Morgan fingerprint density at radius 2 is 2.38 bits per heavy atom. The molecule has 0 saturated carbocycles. The van der Waals surface area contributed by atoms with Crippen LogP contribution in [0.1, 0.15) is 13.3 Å². The second kappa shape index (κ2) is 5.25. The van der Waals surface area contributed by atoms with Gasteiger partial charge in [0, 0.05) is 18.0 Å². The van der Waals surface area contributed by atoms with Gasteiger partial charge in [-0.15, -0.1) is 0 Å². The Bertz CT molecular complexity index is 455. The Morgan fingerprint density at radius 3 is 3.19 bits per heavy atom. The summed E-state index contributed by atoms with van der Waals surface area (Å²) < 4.78 is 5.32. The highest BCUT2D eigenvalue weighted by Crippen LogP contribution is 2.21. The van der Waals surface area contributed by atoms with Gasteiger partial charge < -0.3 is 9.73 Å². The van der Waals surface area contributed by atoms with E-state index < -0.39 is 0 Å². The zero-order valence-electron chi connectivity index (χ0n) is 9.56. The van der Waals surface area contributed by atoms with Crippen molar-refractivity contribution >= 4 is 28.5 Å². The molecular formula is C12H16N2OS. The van der Waals surface area contributed by atoms with Crippen LogP contribution in [-0.4, -0.2) is 23.0 Å². The molecule has 0 saturated heterocycles. The minimum absolute atomic E-state index is 0.677. The van der Waals surface area contributed by atoms with Crippen LogP contribution in [0.3, 0.4) is 0 Å². The molecule has 3 nitrogen and oxygen atoms in total. The molecule has 16 heavy (non-hydrogen) atoms. The largest absolute Gasteiger partial charge is 0.464 e. The summed E-state index contributed by atoms with van der Waals surface area (Å²) in [5.74, 6) is 0.916. The highest BCUT2D eigenvalue weighted by molar-refractivity contribution is 7.99. The zero-order valence-corrected chi connectivity index (χ0v) is 10.4. The second-order valence-corrected chi connectivity index (χ2v) is 5.03. The van der Waals surface area contributed by atoms with Gasteiger partial charge in [-0.05, 0) is 24.8 Å². The third kappa shape index (κ3) is 2.50. The number of pyridine rings is 1. The fourth-order valence-corrected chi connectivity index (χ4v) is 1.90. The second-order valence-electron chi connectivity index (χ2n) is 3.75. The Balaban J connectivity index is 2.01. The average Bonchev–Trinajstić information content (AvgIpc) is 2.77. The maximum absolute atomic E-state index is 5.32. The minimum Gasteiger partial charge on any atom is -0.464 e. The van der Waals surface area contributed by atoms with Gasteiger partial charge in [0.1, 0.15) is 11.4 Å². The van der Waals surface area contributed by atoms with E-state index in [1.807, 2.05) is 23.9 Å². The van der Waals surface area contributed by atoms with Crippen LogP contribution in [0.15, 0.2) is 29.0 Å². The topological polar surface area (TPSA) is 38.1 Å². The molecule has 0 aromatic carbocycles. The maximum Gasteiger partial charge on any atom is 0.139 e. The van der Waals surface area contributed by atoms with Crippen LogP contribution in [-0.2, 0) is 0 Å². The summed E-state index contributed by atoms with van der Waals surface area (Å²) in [5, 5.41) is 5.09. The molecular weight excluding hydrogens is 220 g/mol. The summed E-state index contributed by atoms with van der Waals surface area (Å²) in [4.78, 5) is 4.32. The van der Waals surface area contributed by atoms with Gasteiger partial charge in [-0.25, -0.2) is 4.98 Å². The zero-order chi connectivity index (χ0) is 11.4. The number of hydrogen-bond acceptors (Lipinski definition) is 4. The number of anilines is 1. The lowest BCUT2D eigenvalue weighted by Gasteiger charge is -2.09. The van der Waals surface area contributed by atoms with E-state index >= 15 is 0 Å². The summed E-state index contributed by atoms with van der Waals surface area (Å²) in [6, 6.07) is 3.83. The molecule has 2 heterocycles. The molecule has 0 aliphatic carbocycles. The predicted octanol–water partition coefficient (Wildman–Crippen LogP) is 3.38. The Hall–Kier alpha value is -1.16. The molecule has 0 aliphatic rings. The highest BCUT2D eigenvalue weighted by atomic mass is 32.2. The fourth-order valence-electron chi connectivity index (χ4n) is 1.55. The molecule has 2 aromatic heterocycles. The standard InChI is InChI=1S/C12H16N2OS/c1-9(16-2)3-6-13-12-10-5-8-15-11(10)4-7-14-12/h4-5,7-9H,3,6H2,1-2H3,(H,13,14). The number of fused-ring (bicyclic) bond motifs is 1. The monoisotopic (exact) mass is 236 g/mol. The van der Waals surface area contributed by atoms with Gasteiger partial charge in [0.2, 0.25) is 0 Å². The Kier molecular flexibility index (Phi) is 3.72. The van der Waals surface area contributed by atoms with Crippen molar-refractivity contribution in [1.82, 2.24) is 4.98 Å². The van der Waals surface area contributed by atoms with Crippen molar-refractivity contribution in [3.8, 4) is 0 Å². The number of furan rings is 1. The number of hydrogen-bond donors (Lipinski definition) is 1. The normalized spacial score (nSPS) is 12.9. The van der Waals surface area contributed by atoms with Crippen molar-refractivity contribution in [2.45, 2.75) is 18.6 Å². The molecule has 1 atom stereocenters. The predicted molar refractivity (Wildman–Crippen MR) is 70.1 cm³/mol. The lowest BCUT2D eigenvalue weighted by Crippen LogP contribution is -2.08. The summed E-state index contributed by atoms with van der Waals surface area (Å²) in [7, 11) is 0. The van der Waals surface area contributed by atoms with Gasteiger partial charge in [0.15, 0.2) is 0 Å². The molecule has 0 amide bonds. The number of rotatable bonds is 5.